The number of nitrogens with one attached hydrogen (secondary N) is 1. The lowest BCUT2D eigenvalue weighted by Gasteiger charge is -2.37. The van der Waals surface area contributed by atoms with Gasteiger partial charge in [0.1, 0.15) is 0 Å². The molecule has 0 saturated carbocycles. The minimum Gasteiger partial charge on any atom is -0.338 e. The monoisotopic (exact) mass is 365 g/mol. The molecule has 1 aliphatic heterocycles. The molecule has 0 spiro atoms. The van der Waals surface area contributed by atoms with Gasteiger partial charge >= 0.3 is 6.03 Å². The first kappa shape index (κ1) is 19.4. The van der Waals surface area contributed by atoms with Crippen molar-refractivity contribution in [1.29, 1.82) is 0 Å². The van der Waals surface area contributed by atoms with Gasteiger partial charge in [0, 0.05) is 19.1 Å². The van der Waals surface area contributed by atoms with Crippen LogP contribution in [0, 0.1) is 0 Å². The van der Waals surface area contributed by atoms with Gasteiger partial charge < -0.3 is 15.1 Å². The summed E-state index contributed by atoms with van der Waals surface area (Å²) >= 11 is 0. The maximum Gasteiger partial charge on any atom is 0.317 e. The van der Waals surface area contributed by atoms with Gasteiger partial charge in [-0.3, -0.25) is 0 Å². The molecule has 1 N–H and O–H groups in total. The summed E-state index contributed by atoms with van der Waals surface area (Å²) < 4.78 is 0. The van der Waals surface area contributed by atoms with E-state index in [1.54, 1.807) is 0 Å². The Morgan fingerprint density at radius 1 is 0.963 bits per heavy atom. The molecule has 0 aliphatic carbocycles. The molecule has 3 rings (SSSR count). The van der Waals surface area contributed by atoms with Crippen LogP contribution in [0.1, 0.15) is 24.0 Å². The van der Waals surface area contributed by atoms with E-state index in [0.717, 1.165) is 45.3 Å². The van der Waals surface area contributed by atoms with Crippen LogP contribution in [-0.4, -0.2) is 55.1 Å². The molecule has 0 atom stereocenters. The Balaban J connectivity index is 1.56. The number of hydrogen-bond donors (Lipinski definition) is 1. The van der Waals surface area contributed by atoms with E-state index >= 15 is 0 Å². The topological polar surface area (TPSA) is 35.6 Å². The minimum absolute atomic E-state index is 0.0800. The summed E-state index contributed by atoms with van der Waals surface area (Å²) in [5.41, 5.74) is 2.54. The summed E-state index contributed by atoms with van der Waals surface area (Å²) in [7, 11) is 2.16. The first-order valence-corrected chi connectivity index (χ1v) is 10.0. The summed E-state index contributed by atoms with van der Waals surface area (Å²) in [5, 5.41) is 3.15. The van der Waals surface area contributed by atoms with Crippen LogP contribution in [0.4, 0.5) is 4.79 Å². The average molecular weight is 366 g/mol. The van der Waals surface area contributed by atoms with Crippen LogP contribution in [0.2, 0.25) is 0 Å². The Morgan fingerprint density at radius 2 is 1.52 bits per heavy atom. The Labute approximate surface area is 163 Å². The fraction of sp³-hybridized carbons (Fsp3) is 0.435. The van der Waals surface area contributed by atoms with Crippen molar-refractivity contribution < 1.29 is 4.79 Å². The number of rotatable bonds is 7. The Kier molecular flexibility index (Phi) is 7.28. The lowest BCUT2D eigenvalue weighted by atomic mass is 10.0. The van der Waals surface area contributed by atoms with Crippen molar-refractivity contribution in [2.45, 2.75) is 31.7 Å². The number of benzene rings is 2. The summed E-state index contributed by atoms with van der Waals surface area (Å²) in [5.74, 6) is 0. The van der Waals surface area contributed by atoms with Crippen molar-refractivity contribution >= 4 is 6.03 Å². The molecule has 0 unspecified atom stereocenters. The highest BCUT2D eigenvalue weighted by Gasteiger charge is 2.26. The molecule has 0 aromatic heterocycles. The van der Waals surface area contributed by atoms with E-state index in [1.165, 1.54) is 11.1 Å². The zero-order valence-electron chi connectivity index (χ0n) is 16.3. The molecule has 4 nitrogen and oxygen atoms in total. The van der Waals surface area contributed by atoms with E-state index in [2.05, 4.69) is 58.6 Å². The number of likely N-dealkylation sites (tertiary alicyclic amines) is 1. The molecule has 1 saturated heterocycles. The van der Waals surface area contributed by atoms with Gasteiger partial charge in [0.25, 0.3) is 0 Å². The minimum atomic E-state index is 0.0800. The van der Waals surface area contributed by atoms with Crippen LogP contribution in [-0.2, 0) is 12.8 Å². The summed E-state index contributed by atoms with van der Waals surface area (Å²) in [6.45, 7) is 3.57. The van der Waals surface area contributed by atoms with E-state index in [0.29, 0.717) is 12.6 Å². The van der Waals surface area contributed by atoms with Crippen molar-refractivity contribution in [3.8, 4) is 0 Å². The van der Waals surface area contributed by atoms with Crippen LogP contribution in [0.5, 0.6) is 0 Å². The second-order valence-corrected chi connectivity index (χ2v) is 7.43. The molecule has 2 aromatic carbocycles. The second-order valence-electron chi connectivity index (χ2n) is 7.43. The van der Waals surface area contributed by atoms with E-state index < -0.39 is 0 Å². The second kappa shape index (κ2) is 10.1. The maximum atomic E-state index is 12.9. The number of nitrogens with zero attached hydrogens (tertiary/aromatic N) is 2. The van der Waals surface area contributed by atoms with Crippen LogP contribution in [0.25, 0.3) is 0 Å². The Hall–Kier alpha value is -2.33. The zero-order chi connectivity index (χ0) is 18.9. The first-order valence-electron chi connectivity index (χ1n) is 10.0. The third kappa shape index (κ3) is 6.10. The zero-order valence-corrected chi connectivity index (χ0v) is 16.3. The molecule has 1 aliphatic rings. The number of piperidine rings is 1. The molecular weight excluding hydrogens is 334 g/mol. The number of carbonyl (C=O) groups excluding carboxylic acids is 1. The number of amides is 2. The van der Waals surface area contributed by atoms with Crippen LogP contribution in [0.3, 0.4) is 0 Å². The van der Waals surface area contributed by atoms with Crippen molar-refractivity contribution in [2.75, 3.05) is 33.2 Å². The summed E-state index contributed by atoms with van der Waals surface area (Å²) in [4.78, 5) is 17.4. The van der Waals surface area contributed by atoms with Crippen molar-refractivity contribution in [3.63, 3.8) is 0 Å². The molecule has 4 heteroatoms. The fourth-order valence-corrected chi connectivity index (χ4v) is 3.71. The lowest BCUT2D eigenvalue weighted by Crippen LogP contribution is -2.51. The van der Waals surface area contributed by atoms with Crippen molar-refractivity contribution in [2.24, 2.45) is 0 Å². The van der Waals surface area contributed by atoms with Crippen LogP contribution < -0.4 is 5.32 Å². The highest BCUT2D eigenvalue weighted by atomic mass is 16.2. The molecule has 2 amide bonds. The molecule has 0 bridgehead atoms. The van der Waals surface area contributed by atoms with E-state index in [1.807, 2.05) is 24.3 Å². The first-order chi connectivity index (χ1) is 13.2. The Bertz CT molecular complexity index is 681. The smallest absolute Gasteiger partial charge is 0.317 e. The molecule has 2 aromatic rings. The van der Waals surface area contributed by atoms with Gasteiger partial charge in [-0.05, 0) is 56.9 Å². The fourth-order valence-electron chi connectivity index (χ4n) is 3.71. The highest BCUT2D eigenvalue weighted by Crippen LogP contribution is 2.17. The molecule has 1 heterocycles. The SMILES string of the molecule is CN1CCC(N(CCc2ccccc2)C(=O)NCCc2ccccc2)CC1. The van der Waals surface area contributed by atoms with E-state index in [-0.39, 0.29) is 6.03 Å². The van der Waals surface area contributed by atoms with E-state index in [4.69, 9.17) is 0 Å². The average Bonchev–Trinajstić information content (AvgIpc) is 2.71. The summed E-state index contributed by atoms with van der Waals surface area (Å²) in [6.07, 6.45) is 3.88. The van der Waals surface area contributed by atoms with Crippen molar-refractivity contribution in [3.05, 3.63) is 71.8 Å². The van der Waals surface area contributed by atoms with Gasteiger partial charge in [-0.25, -0.2) is 4.79 Å². The van der Waals surface area contributed by atoms with E-state index in [9.17, 15) is 4.79 Å². The third-order valence-corrected chi connectivity index (χ3v) is 5.41. The van der Waals surface area contributed by atoms with Gasteiger partial charge in [0.15, 0.2) is 0 Å². The lowest BCUT2D eigenvalue weighted by molar-refractivity contribution is 0.132. The highest BCUT2D eigenvalue weighted by molar-refractivity contribution is 5.74. The van der Waals surface area contributed by atoms with Crippen LogP contribution in [0.15, 0.2) is 60.7 Å². The number of urea groups is 1. The number of hydrogen-bond acceptors (Lipinski definition) is 2. The third-order valence-electron chi connectivity index (χ3n) is 5.41. The van der Waals surface area contributed by atoms with Gasteiger partial charge in [0.05, 0.1) is 0 Å². The molecule has 27 heavy (non-hydrogen) atoms. The predicted octanol–water partition coefficient (Wildman–Crippen LogP) is 3.58. The van der Waals surface area contributed by atoms with Gasteiger partial charge in [-0.1, -0.05) is 60.7 Å². The quantitative estimate of drug-likeness (QED) is 0.814. The van der Waals surface area contributed by atoms with Gasteiger partial charge in [-0.2, -0.15) is 0 Å². The normalized spacial score (nSPS) is 15.4. The van der Waals surface area contributed by atoms with Crippen molar-refractivity contribution in [1.82, 2.24) is 15.1 Å². The number of carbonyl (C=O) groups is 1. The molecule has 144 valence electrons. The Morgan fingerprint density at radius 3 is 2.11 bits per heavy atom. The molecule has 1 fully saturated rings. The van der Waals surface area contributed by atoms with Gasteiger partial charge in [-0.15, -0.1) is 0 Å². The van der Waals surface area contributed by atoms with Crippen LogP contribution >= 0.6 is 0 Å². The largest absolute Gasteiger partial charge is 0.338 e. The summed E-state index contributed by atoms with van der Waals surface area (Å²) in [6, 6.07) is 21.2. The molecular formula is C23H31N3O. The standard InChI is InChI=1S/C23H31N3O/c1-25-17-14-22(15-18-25)26(19-13-21-10-6-3-7-11-21)23(27)24-16-12-20-8-4-2-5-9-20/h2-11,22H,12-19H2,1H3,(H,24,27). The predicted molar refractivity (Wildman–Crippen MR) is 111 cm³/mol. The molecule has 0 radical (unpaired) electrons. The van der Waals surface area contributed by atoms with Gasteiger partial charge in [0.2, 0.25) is 0 Å². The maximum absolute atomic E-state index is 12.9.